The molecule has 0 fully saturated rings. The van der Waals surface area contributed by atoms with E-state index in [1.54, 1.807) is 66.8 Å². The zero-order valence-electron chi connectivity index (χ0n) is 67.9. The van der Waals surface area contributed by atoms with Gasteiger partial charge in [0.2, 0.25) is 23.5 Å². The van der Waals surface area contributed by atoms with E-state index in [9.17, 15) is 52.7 Å². The van der Waals surface area contributed by atoms with Crippen molar-refractivity contribution in [2.24, 2.45) is 20.0 Å². The van der Waals surface area contributed by atoms with E-state index >= 15 is 0 Å². The number of ether oxygens (including phenoxy) is 5. The molecule has 13 nitrogen and oxygen atoms in total. The summed E-state index contributed by atoms with van der Waals surface area (Å²) in [6.07, 6.45) is -14.1. The molecule has 4 aliphatic heterocycles. The summed E-state index contributed by atoms with van der Waals surface area (Å²) in [6.45, 7) is 12.9. The Labute approximate surface area is 710 Å². The number of rotatable bonds is 10. The van der Waals surface area contributed by atoms with Gasteiger partial charge in [-0.05, 0) is 88.1 Å². The molecule has 4 aromatic heterocycles. The van der Waals surface area contributed by atoms with Gasteiger partial charge in [-0.3, -0.25) is 18.3 Å². The third kappa shape index (κ3) is 15.4. The van der Waals surface area contributed by atoms with Crippen molar-refractivity contribution in [1.82, 2.24) is 18.3 Å². The molecule has 12 aromatic carbocycles. The molecule has 0 amide bonds. The van der Waals surface area contributed by atoms with Gasteiger partial charge in [0.15, 0.2) is 0 Å². The van der Waals surface area contributed by atoms with Gasteiger partial charge >= 0.3 is 47.6 Å². The van der Waals surface area contributed by atoms with Gasteiger partial charge in [-0.25, -0.2) is 20.0 Å². The second kappa shape index (κ2) is 33.6. The van der Waals surface area contributed by atoms with Crippen LogP contribution in [0.1, 0.15) is 58.4 Å². The summed E-state index contributed by atoms with van der Waals surface area (Å²) in [5, 5.41) is 3.19. The number of fused-ring (bicyclic) bond motifs is 12. The first-order chi connectivity index (χ1) is 60.0. The van der Waals surface area contributed by atoms with Crippen LogP contribution in [0.2, 0.25) is 0 Å². The molecule has 0 N–H and O–H groups in total. The molecule has 0 bridgehead atoms. The Kier molecular flexibility index (Phi) is 22.7. The van der Waals surface area contributed by atoms with E-state index in [1.165, 1.54) is 73.9 Å². The van der Waals surface area contributed by atoms with E-state index < -0.39 is 47.6 Å². The number of alkyl halides is 12. The minimum atomic E-state index is -4.76. The molecular weight excluding hydrogens is 1620 g/mol. The van der Waals surface area contributed by atoms with Crippen molar-refractivity contribution in [3.8, 4) is 68.0 Å². The van der Waals surface area contributed by atoms with Gasteiger partial charge in [0.1, 0.15) is 25.4 Å². The number of nitrogens with zero attached hydrogens (tertiary/aromatic N) is 8. The summed E-state index contributed by atoms with van der Waals surface area (Å²) in [5.74, 6) is 0.483. The lowest BCUT2D eigenvalue weighted by Crippen LogP contribution is -2.48. The Hall–Kier alpha value is -14.2. The molecule has 4 aliphatic rings. The predicted molar refractivity (Wildman–Crippen MR) is 465 cm³/mol. The lowest BCUT2D eigenvalue weighted by atomic mass is 10.00. The number of aryl methyl sites for hydroxylation is 4. The van der Waals surface area contributed by atoms with E-state index in [-0.39, 0.29) is 45.8 Å². The van der Waals surface area contributed by atoms with Crippen molar-refractivity contribution in [2.75, 3.05) is 13.2 Å². The molecule has 4 atom stereocenters. The third-order valence-electron chi connectivity index (χ3n) is 21.8. The van der Waals surface area contributed by atoms with Crippen molar-refractivity contribution in [3.05, 3.63) is 360 Å². The monoisotopic (exact) mass is 1700 g/mol. The van der Waals surface area contributed by atoms with Gasteiger partial charge in [-0.2, -0.15) is 52.7 Å². The highest BCUT2D eigenvalue weighted by Crippen LogP contribution is 2.56. The average molecular weight is 1700 g/mol. The van der Waals surface area contributed by atoms with Crippen LogP contribution in [-0.2, 0) is 27.6 Å². The average Bonchev–Trinajstić information content (AvgIpc) is 1.62. The Bertz CT molecular complexity index is 5900. The summed E-state index contributed by atoms with van der Waals surface area (Å²) < 4.78 is 207. The Morgan fingerprint density at radius 2 is 0.424 bits per heavy atom. The zero-order chi connectivity index (χ0) is 87.9. The van der Waals surface area contributed by atoms with Crippen LogP contribution >= 0.6 is 0 Å². The maximum atomic E-state index is 14.4. The number of para-hydroxylation sites is 4. The van der Waals surface area contributed by atoms with Gasteiger partial charge in [0.25, 0.3) is 0 Å². The van der Waals surface area contributed by atoms with Crippen molar-refractivity contribution in [3.63, 3.8) is 0 Å². The first-order valence-electron chi connectivity index (χ1n) is 39.9. The van der Waals surface area contributed by atoms with Crippen molar-refractivity contribution in [1.29, 1.82) is 0 Å². The Morgan fingerprint density at radius 3 is 0.592 bits per heavy atom. The summed E-state index contributed by atoms with van der Waals surface area (Å²) in [5.41, 5.74) is 0.397. The number of hydrogen-bond donors (Lipinski definition) is 0. The van der Waals surface area contributed by atoms with Crippen molar-refractivity contribution >= 4 is 69.0 Å². The van der Waals surface area contributed by atoms with Crippen LogP contribution in [0.5, 0.6) is 23.5 Å². The van der Waals surface area contributed by atoms with E-state index in [2.05, 4.69) is 20.0 Å². The van der Waals surface area contributed by atoms with Crippen LogP contribution in [0.25, 0.3) is 88.1 Å². The smallest absolute Gasteiger partial charge is 0.436 e. The van der Waals surface area contributed by atoms with Crippen molar-refractivity contribution < 1.29 is 76.4 Å². The molecule has 0 saturated carbocycles. The summed E-state index contributed by atoms with van der Waals surface area (Å²) >= 11 is 0. The minimum Gasteiger partial charge on any atom is -0.436 e. The zero-order valence-corrected chi connectivity index (χ0v) is 67.9. The minimum absolute atomic E-state index is 0.0626. The molecule has 0 radical (unpaired) electrons. The van der Waals surface area contributed by atoms with E-state index in [1.807, 2.05) is 260 Å². The normalized spacial score (nSPS) is 17.9. The van der Waals surface area contributed by atoms with Crippen LogP contribution in [0.4, 0.5) is 52.7 Å². The van der Waals surface area contributed by atoms with Gasteiger partial charge < -0.3 is 23.7 Å². The number of halogens is 12. The van der Waals surface area contributed by atoms with E-state index in [0.29, 0.717) is 22.3 Å². The number of benzene rings is 12. The quantitative estimate of drug-likeness (QED) is 0.127. The van der Waals surface area contributed by atoms with Crippen LogP contribution in [0, 0.1) is 27.7 Å². The topological polar surface area (TPSA) is 115 Å². The largest absolute Gasteiger partial charge is 0.455 e. The molecule has 0 spiro atoms. The predicted octanol–water partition coefficient (Wildman–Crippen LogP) is 26.2. The second-order valence-electron chi connectivity index (χ2n) is 29.9. The maximum Gasteiger partial charge on any atom is 0.455 e. The first kappa shape index (κ1) is 84.4. The van der Waals surface area contributed by atoms with Crippen molar-refractivity contribution in [2.45, 2.75) is 89.1 Å². The fraction of sp³-hybridized carbons (Fsp3) is 0.160. The molecule has 125 heavy (non-hydrogen) atoms. The van der Waals surface area contributed by atoms with Crippen LogP contribution in [0.3, 0.4) is 0 Å². The van der Waals surface area contributed by atoms with Gasteiger partial charge in [-0.1, -0.05) is 313 Å². The Balaban J connectivity index is 0.000000121. The third-order valence-corrected chi connectivity index (χ3v) is 21.8. The van der Waals surface area contributed by atoms with Crippen LogP contribution in [0.15, 0.2) is 335 Å². The number of aromatic nitrogens is 4. The molecule has 25 heteroatoms. The first-order valence-corrected chi connectivity index (χ1v) is 39.9. The SMILES string of the molecule is CCOCC.Cc1ccc([C@]2(C(F)(F)F)N=Cn3c(c(-c4ccccc4)c4ccccc43)O2)cc1.Cc1ccc([C@]2(C(F)(F)F)N=Cn3c(c(-c4ccccc4)c4ccccc43)O2)cc1.Cc1ccc([C@]2(C(F)(F)F)N=Cn3c(c(-c4ccccc4)c4ccccc43)O2)cc1.Cc1ccc([C@]2(C(F)(F)F)N=Cn3c(c(-c4ccccc4)c4ccccc43)O2)cc1. The van der Waals surface area contributed by atoms with Gasteiger partial charge in [0.05, 0.1) is 44.3 Å². The molecule has 0 saturated heterocycles. The van der Waals surface area contributed by atoms with Crippen LogP contribution < -0.4 is 18.9 Å². The number of hydrogen-bond acceptors (Lipinski definition) is 9. The molecule has 632 valence electrons. The second-order valence-corrected chi connectivity index (χ2v) is 29.9. The Morgan fingerprint density at radius 1 is 0.248 bits per heavy atom. The maximum absolute atomic E-state index is 14.4. The van der Waals surface area contributed by atoms with Crippen LogP contribution in [-0.4, -0.2) is 81.5 Å². The molecule has 20 rings (SSSR count). The fourth-order valence-electron chi connectivity index (χ4n) is 15.6. The molecule has 16 aromatic rings. The molecule has 8 heterocycles. The van der Waals surface area contributed by atoms with E-state index in [0.717, 1.165) is 101 Å². The summed E-state index contributed by atoms with van der Waals surface area (Å²) in [6, 6.07) is 91.1. The molecule has 0 unspecified atom stereocenters. The van der Waals surface area contributed by atoms with Gasteiger partial charge in [-0.15, -0.1) is 0 Å². The lowest BCUT2D eigenvalue weighted by Gasteiger charge is -2.35. The highest BCUT2D eigenvalue weighted by Gasteiger charge is 2.65. The highest BCUT2D eigenvalue weighted by atomic mass is 19.4. The molecule has 0 aliphatic carbocycles. The highest BCUT2D eigenvalue weighted by molar-refractivity contribution is 6.07. The van der Waals surface area contributed by atoms with E-state index in [4.69, 9.17) is 23.7 Å². The lowest BCUT2D eigenvalue weighted by molar-refractivity contribution is -0.254. The summed E-state index contributed by atoms with van der Waals surface area (Å²) in [4.78, 5) is 15.7. The molecular formula is C100H78F12N8O5. The summed E-state index contributed by atoms with van der Waals surface area (Å²) in [7, 11) is 0. The standard InChI is InChI=1S/4C24H17F3N2O.C4H10O/c4*1-16-11-13-18(14-12-16)23(24(25,26)27)28-15-29-20-10-6-5-9-19(20)21(22(29)30-23)17-7-3-2-4-8-17;1-3-5-4-2/h4*2-15H,1H3;3-4H2,1-2H3/t4*23-;/m0000./s1. The fourth-order valence-corrected chi connectivity index (χ4v) is 15.6. The number of aliphatic imine (C=N–C) groups is 4. The van der Waals surface area contributed by atoms with Gasteiger partial charge in [0, 0.05) is 57.0 Å².